The second-order valence-electron chi connectivity index (χ2n) is 3.00. The fraction of sp³-hybridized carbons (Fsp3) is 0. The van der Waals surface area contributed by atoms with Crippen molar-refractivity contribution < 1.29 is 0 Å². The van der Waals surface area contributed by atoms with E-state index in [-0.39, 0.29) is 0 Å². The normalized spacial score (nSPS) is 11.0. The van der Waals surface area contributed by atoms with E-state index in [0.717, 1.165) is 16.3 Å². The third-order valence-corrected chi connectivity index (χ3v) is 2.80. The average molecular weight is 237 g/mol. The molecule has 0 aliphatic heterocycles. The average Bonchev–Trinajstić information content (AvgIpc) is 2.64. The van der Waals surface area contributed by atoms with Crippen LogP contribution in [-0.4, -0.2) is 4.98 Å². The molecule has 0 aliphatic rings. The van der Waals surface area contributed by atoms with Crippen molar-refractivity contribution in [3.8, 4) is 0 Å². The van der Waals surface area contributed by atoms with E-state index in [1.54, 1.807) is 0 Å². The third kappa shape index (κ3) is 2.81. The first-order valence-corrected chi connectivity index (χ1v) is 5.64. The van der Waals surface area contributed by atoms with E-state index in [4.69, 9.17) is 17.3 Å². The molecule has 15 heavy (non-hydrogen) atoms. The highest BCUT2D eigenvalue weighted by Crippen LogP contribution is 2.15. The van der Waals surface area contributed by atoms with Gasteiger partial charge in [-0.25, -0.2) is 4.98 Å². The molecule has 2 rings (SSSR count). The molecule has 2 N–H and O–H groups in total. The summed E-state index contributed by atoms with van der Waals surface area (Å²) in [4.78, 5) is 4.13. The summed E-state index contributed by atoms with van der Waals surface area (Å²) in [6.45, 7) is 0. The van der Waals surface area contributed by atoms with Crippen molar-refractivity contribution in [3.05, 3.63) is 45.9 Å². The van der Waals surface area contributed by atoms with Crippen molar-refractivity contribution in [2.75, 3.05) is 5.73 Å². The van der Waals surface area contributed by atoms with Crippen molar-refractivity contribution >= 4 is 40.2 Å². The van der Waals surface area contributed by atoms with Gasteiger partial charge in [0.05, 0.1) is 5.69 Å². The number of aromatic nitrogens is 1. The van der Waals surface area contributed by atoms with Crippen LogP contribution in [0.3, 0.4) is 0 Å². The van der Waals surface area contributed by atoms with Crippen molar-refractivity contribution in [2.24, 2.45) is 0 Å². The van der Waals surface area contributed by atoms with E-state index in [0.29, 0.717) is 5.13 Å². The second kappa shape index (κ2) is 4.47. The zero-order chi connectivity index (χ0) is 10.7. The molecule has 0 bridgehead atoms. The molecule has 76 valence electrons. The molecule has 4 heteroatoms. The minimum Gasteiger partial charge on any atom is -0.375 e. The van der Waals surface area contributed by atoms with E-state index in [2.05, 4.69) is 4.98 Å². The Bertz CT molecular complexity index is 474. The number of nitrogen functional groups attached to an aromatic ring is 1. The molecule has 2 aromatic rings. The fourth-order valence-electron chi connectivity index (χ4n) is 1.13. The van der Waals surface area contributed by atoms with Gasteiger partial charge in [-0.15, -0.1) is 11.3 Å². The lowest BCUT2D eigenvalue weighted by Crippen LogP contribution is -1.80. The number of halogens is 1. The Hall–Kier alpha value is -1.32. The van der Waals surface area contributed by atoms with Gasteiger partial charge in [0.2, 0.25) is 0 Å². The van der Waals surface area contributed by atoms with Crippen LogP contribution >= 0.6 is 22.9 Å². The minimum atomic E-state index is 0.589. The molecular weight excluding hydrogens is 228 g/mol. The summed E-state index contributed by atoms with van der Waals surface area (Å²) >= 11 is 7.22. The van der Waals surface area contributed by atoms with Gasteiger partial charge in [-0.1, -0.05) is 29.8 Å². The smallest absolute Gasteiger partial charge is 0.180 e. The van der Waals surface area contributed by atoms with E-state index < -0.39 is 0 Å². The molecule has 0 radical (unpaired) electrons. The van der Waals surface area contributed by atoms with Gasteiger partial charge in [0, 0.05) is 10.4 Å². The molecule has 1 heterocycles. The SMILES string of the molecule is Nc1nc(C=Cc2ccc(Cl)cc2)cs1. The summed E-state index contributed by atoms with van der Waals surface area (Å²) in [6.07, 6.45) is 3.90. The predicted molar refractivity (Wildman–Crippen MR) is 66.9 cm³/mol. The lowest BCUT2D eigenvalue weighted by atomic mass is 10.2. The Balaban J connectivity index is 2.14. The highest BCUT2D eigenvalue weighted by atomic mass is 35.5. The molecule has 0 spiro atoms. The number of hydrogen-bond acceptors (Lipinski definition) is 3. The molecule has 2 nitrogen and oxygen atoms in total. The number of rotatable bonds is 2. The summed E-state index contributed by atoms with van der Waals surface area (Å²) < 4.78 is 0. The zero-order valence-corrected chi connectivity index (χ0v) is 9.42. The van der Waals surface area contributed by atoms with Crippen LogP contribution in [0.15, 0.2) is 29.6 Å². The lowest BCUT2D eigenvalue weighted by molar-refractivity contribution is 1.39. The molecule has 0 aliphatic carbocycles. The molecule has 1 aromatic heterocycles. The molecule has 0 fully saturated rings. The number of nitrogens with zero attached hydrogens (tertiary/aromatic N) is 1. The fourth-order valence-corrected chi connectivity index (χ4v) is 1.79. The first kappa shape index (κ1) is 10.2. The zero-order valence-electron chi connectivity index (χ0n) is 7.85. The third-order valence-electron chi connectivity index (χ3n) is 1.86. The Morgan fingerprint density at radius 2 is 1.93 bits per heavy atom. The van der Waals surface area contributed by atoms with Gasteiger partial charge in [-0.3, -0.25) is 0 Å². The standard InChI is InChI=1S/C11H9ClN2S/c12-9-4-1-8(2-5-9)3-6-10-7-15-11(13)14-10/h1-7H,(H2,13,14). The predicted octanol–water partition coefficient (Wildman–Crippen LogP) is 3.55. The van der Waals surface area contributed by atoms with Gasteiger partial charge in [0.15, 0.2) is 5.13 Å². The molecule has 0 amide bonds. The number of hydrogen-bond donors (Lipinski definition) is 1. The van der Waals surface area contributed by atoms with Crippen LogP contribution in [0.2, 0.25) is 5.02 Å². The van der Waals surface area contributed by atoms with E-state index >= 15 is 0 Å². The van der Waals surface area contributed by atoms with Crippen molar-refractivity contribution in [1.29, 1.82) is 0 Å². The van der Waals surface area contributed by atoms with Crippen LogP contribution in [0, 0.1) is 0 Å². The van der Waals surface area contributed by atoms with Crippen LogP contribution in [0.25, 0.3) is 12.2 Å². The van der Waals surface area contributed by atoms with Gasteiger partial charge in [-0.2, -0.15) is 0 Å². The van der Waals surface area contributed by atoms with Crippen molar-refractivity contribution in [2.45, 2.75) is 0 Å². The maximum absolute atomic E-state index is 5.78. The van der Waals surface area contributed by atoms with Crippen LogP contribution in [-0.2, 0) is 0 Å². The summed E-state index contributed by atoms with van der Waals surface area (Å²) in [5.41, 5.74) is 7.49. The van der Waals surface area contributed by atoms with E-state index in [1.165, 1.54) is 11.3 Å². The quantitative estimate of drug-likeness (QED) is 0.866. The van der Waals surface area contributed by atoms with Gasteiger partial charge in [-0.05, 0) is 23.8 Å². The first-order chi connectivity index (χ1) is 7.24. The summed E-state index contributed by atoms with van der Waals surface area (Å²) in [7, 11) is 0. The molecule has 1 aromatic carbocycles. The molecule has 0 saturated carbocycles. The van der Waals surface area contributed by atoms with Crippen molar-refractivity contribution in [3.63, 3.8) is 0 Å². The Labute approximate surface area is 97.0 Å². The van der Waals surface area contributed by atoms with E-state index in [1.807, 2.05) is 41.8 Å². The van der Waals surface area contributed by atoms with Crippen LogP contribution < -0.4 is 5.73 Å². The molecular formula is C11H9ClN2S. The van der Waals surface area contributed by atoms with Crippen LogP contribution in [0.4, 0.5) is 5.13 Å². The van der Waals surface area contributed by atoms with E-state index in [9.17, 15) is 0 Å². The Morgan fingerprint density at radius 1 is 1.20 bits per heavy atom. The summed E-state index contributed by atoms with van der Waals surface area (Å²) in [5.74, 6) is 0. The monoisotopic (exact) mass is 236 g/mol. The highest BCUT2D eigenvalue weighted by molar-refractivity contribution is 7.13. The number of nitrogens with two attached hydrogens (primary N) is 1. The largest absolute Gasteiger partial charge is 0.375 e. The Morgan fingerprint density at radius 3 is 2.53 bits per heavy atom. The maximum Gasteiger partial charge on any atom is 0.180 e. The van der Waals surface area contributed by atoms with Gasteiger partial charge in [0.1, 0.15) is 0 Å². The number of thiazole rings is 1. The van der Waals surface area contributed by atoms with Gasteiger partial charge >= 0.3 is 0 Å². The van der Waals surface area contributed by atoms with Crippen LogP contribution in [0.5, 0.6) is 0 Å². The number of benzene rings is 1. The Kier molecular flexibility index (Phi) is 3.04. The van der Waals surface area contributed by atoms with Crippen molar-refractivity contribution in [1.82, 2.24) is 4.98 Å². The van der Waals surface area contributed by atoms with Gasteiger partial charge in [0.25, 0.3) is 0 Å². The van der Waals surface area contributed by atoms with Gasteiger partial charge < -0.3 is 5.73 Å². The summed E-state index contributed by atoms with van der Waals surface area (Å²) in [6, 6.07) is 7.62. The minimum absolute atomic E-state index is 0.589. The topological polar surface area (TPSA) is 38.9 Å². The molecule has 0 atom stereocenters. The molecule has 0 saturated heterocycles. The second-order valence-corrected chi connectivity index (χ2v) is 4.32. The van der Waals surface area contributed by atoms with Crippen LogP contribution in [0.1, 0.15) is 11.3 Å². The molecule has 0 unspecified atom stereocenters. The lowest BCUT2D eigenvalue weighted by Gasteiger charge is -1.92. The first-order valence-electron chi connectivity index (χ1n) is 4.39. The summed E-state index contributed by atoms with van der Waals surface area (Å²) in [5, 5.41) is 3.25. The number of anilines is 1. The highest BCUT2D eigenvalue weighted by Gasteiger charge is 1.93. The maximum atomic E-state index is 5.78.